The molecule has 1 saturated heterocycles. The summed E-state index contributed by atoms with van der Waals surface area (Å²) in [5.74, 6) is -0.223. The molecule has 0 atom stereocenters. The first kappa shape index (κ1) is 36.0. The number of Topliss-reactive ketones (excluding diaryl/α,β-unsaturated/α-hetero) is 1. The summed E-state index contributed by atoms with van der Waals surface area (Å²) in [6.45, 7) is 11.9. The van der Waals surface area contributed by atoms with Crippen LogP contribution in [0.15, 0.2) is 84.9 Å². The van der Waals surface area contributed by atoms with Crippen LogP contribution in [0.4, 0.5) is 21.9 Å². The standard InChI is InChI=1S/C38H42N4O4.CH3Cl/c1-25-10-12-27(13-11-25)36(44)40-34-24-30(41-18-20-42(21-19-41)37(45)46-38(3,4)5)15-17-32(34)31-16-14-29(22-26(31)2)35(43)23-28-8-6-7-9-33(28)39;1-2/h6-17,22,24H,18-21,23,39H2,1-5H3,(H,40,44);1H3. The highest BCUT2D eigenvalue weighted by atomic mass is 35.5. The maximum atomic E-state index is 13.4. The molecule has 4 aromatic carbocycles. The number of piperazine rings is 1. The minimum Gasteiger partial charge on any atom is -0.444 e. The number of hydrogen-bond acceptors (Lipinski definition) is 6. The summed E-state index contributed by atoms with van der Waals surface area (Å²) in [5.41, 5.74) is 13.5. The predicted molar refractivity (Wildman–Crippen MR) is 196 cm³/mol. The van der Waals surface area contributed by atoms with E-state index in [-0.39, 0.29) is 24.2 Å². The maximum Gasteiger partial charge on any atom is 0.410 e. The topological polar surface area (TPSA) is 105 Å². The molecular formula is C39H45ClN4O4. The first-order valence-corrected chi connectivity index (χ1v) is 16.7. The Kier molecular flexibility index (Phi) is 11.9. The molecule has 4 aromatic rings. The van der Waals surface area contributed by atoms with Crippen LogP contribution in [0.25, 0.3) is 11.1 Å². The third-order valence-electron chi connectivity index (χ3n) is 8.11. The van der Waals surface area contributed by atoms with Gasteiger partial charge in [-0.2, -0.15) is 0 Å². The Morgan fingerprint density at radius 2 is 1.44 bits per heavy atom. The van der Waals surface area contributed by atoms with Gasteiger partial charge in [0.15, 0.2) is 5.78 Å². The summed E-state index contributed by atoms with van der Waals surface area (Å²) >= 11 is 4.64. The Bertz CT molecular complexity index is 1760. The van der Waals surface area contributed by atoms with Crippen LogP contribution in [0, 0.1) is 13.8 Å². The Morgan fingerprint density at radius 1 is 0.812 bits per heavy atom. The predicted octanol–water partition coefficient (Wildman–Crippen LogP) is 8.14. The van der Waals surface area contributed by atoms with Crippen molar-refractivity contribution in [2.24, 2.45) is 0 Å². The third-order valence-corrected chi connectivity index (χ3v) is 8.11. The Hall–Kier alpha value is -4.82. The number of carbonyl (C=O) groups excluding carboxylic acids is 3. The number of amides is 2. The van der Waals surface area contributed by atoms with E-state index in [9.17, 15) is 14.4 Å². The molecule has 0 aromatic heterocycles. The molecule has 1 aliphatic rings. The van der Waals surface area contributed by atoms with E-state index in [2.05, 4.69) is 21.8 Å². The second kappa shape index (κ2) is 15.8. The van der Waals surface area contributed by atoms with Gasteiger partial charge in [-0.1, -0.05) is 54.1 Å². The molecule has 1 aliphatic heterocycles. The van der Waals surface area contributed by atoms with Gasteiger partial charge >= 0.3 is 6.09 Å². The van der Waals surface area contributed by atoms with Crippen LogP contribution in [-0.4, -0.2) is 60.8 Å². The molecular weight excluding hydrogens is 624 g/mol. The van der Waals surface area contributed by atoms with Crippen molar-refractivity contribution in [1.82, 2.24) is 4.90 Å². The van der Waals surface area contributed by atoms with Crippen LogP contribution < -0.4 is 16.0 Å². The van der Waals surface area contributed by atoms with Crippen molar-refractivity contribution < 1.29 is 19.1 Å². The highest BCUT2D eigenvalue weighted by Gasteiger charge is 2.26. The summed E-state index contributed by atoms with van der Waals surface area (Å²) in [5, 5.41) is 3.15. The fourth-order valence-electron chi connectivity index (χ4n) is 5.55. The van der Waals surface area contributed by atoms with E-state index in [0.717, 1.165) is 33.5 Å². The zero-order chi connectivity index (χ0) is 35.0. The molecule has 1 fully saturated rings. The molecule has 3 N–H and O–H groups in total. The fourth-order valence-corrected chi connectivity index (χ4v) is 5.55. The van der Waals surface area contributed by atoms with E-state index in [0.29, 0.717) is 48.7 Å². The molecule has 0 saturated carbocycles. The molecule has 0 spiro atoms. The van der Waals surface area contributed by atoms with Crippen molar-refractivity contribution >= 4 is 46.4 Å². The largest absolute Gasteiger partial charge is 0.444 e. The van der Waals surface area contributed by atoms with Crippen molar-refractivity contribution in [3.8, 4) is 11.1 Å². The SMILES string of the molecule is CCl.Cc1ccc(C(=O)Nc2cc(N3CCN(C(=O)OC(C)(C)C)CC3)ccc2-c2ccc(C(=O)Cc3ccccc3N)cc2C)cc1. The minimum atomic E-state index is -0.547. The van der Waals surface area contributed by atoms with E-state index in [4.69, 9.17) is 10.5 Å². The number of carbonyl (C=O) groups is 3. The van der Waals surface area contributed by atoms with Gasteiger partial charge in [-0.25, -0.2) is 4.79 Å². The first-order chi connectivity index (χ1) is 22.9. The third kappa shape index (κ3) is 9.16. The van der Waals surface area contributed by atoms with E-state index in [1.165, 1.54) is 6.38 Å². The van der Waals surface area contributed by atoms with Gasteiger partial charge in [0.05, 0.1) is 5.69 Å². The molecule has 0 unspecified atom stereocenters. The maximum absolute atomic E-state index is 13.4. The van der Waals surface area contributed by atoms with Crippen LogP contribution in [0.3, 0.4) is 0 Å². The molecule has 1 heterocycles. The number of anilines is 3. The van der Waals surface area contributed by atoms with Gasteiger partial charge in [-0.3, -0.25) is 9.59 Å². The molecule has 2 amide bonds. The van der Waals surface area contributed by atoms with Crippen molar-refractivity contribution in [2.45, 2.75) is 46.6 Å². The van der Waals surface area contributed by atoms with Gasteiger partial charge in [-0.15, -0.1) is 11.6 Å². The lowest BCUT2D eigenvalue weighted by atomic mass is 9.94. The summed E-state index contributed by atoms with van der Waals surface area (Å²) in [6, 6.07) is 26.6. The van der Waals surface area contributed by atoms with E-state index in [1.54, 1.807) is 11.0 Å². The van der Waals surface area contributed by atoms with Crippen molar-refractivity contribution in [2.75, 3.05) is 48.5 Å². The molecule has 0 radical (unpaired) electrons. The molecule has 5 rings (SSSR count). The number of nitrogens with zero attached hydrogens (tertiary/aromatic N) is 2. The Balaban J connectivity index is 0.00000255. The molecule has 48 heavy (non-hydrogen) atoms. The van der Waals surface area contributed by atoms with Gasteiger partial charge in [0.2, 0.25) is 0 Å². The lowest BCUT2D eigenvalue weighted by Crippen LogP contribution is -2.50. The fraction of sp³-hybridized carbons (Fsp3) is 0.308. The number of para-hydroxylation sites is 1. The number of halogens is 1. The normalized spacial score (nSPS) is 12.9. The van der Waals surface area contributed by atoms with E-state index >= 15 is 0 Å². The molecule has 252 valence electrons. The van der Waals surface area contributed by atoms with Crippen LogP contribution in [-0.2, 0) is 11.2 Å². The van der Waals surface area contributed by atoms with Crippen LogP contribution in [0.5, 0.6) is 0 Å². The van der Waals surface area contributed by atoms with E-state index in [1.807, 2.05) is 113 Å². The van der Waals surface area contributed by atoms with Gasteiger partial charge in [-0.05, 0) is 87.7 Å². The summed E-state index contributed by atoms with van der Waals surface area (Å²) < 4.78 is 5.56. The molecule has 8 nitrogen and oxygen atoms in total. The highest BCUT2D eigenvalue weighted by molar-refractivity contribution is 6.15. The smallest absolute Gasteiger partial charge is 0.410 e. The van der Waals surface area contributed by atoms with Gasteiger partial charge < -0.3 is 25.6 Å². The van der Waals surface area contributed by atoms with Crippen molar-refractivity contribution in [3.05, 3.63) is 113 Å². The number of aryl methyl sites for hydroxylation is 2. The van der Waals surface area contributed by atoms with Gasteiger partial charge in [0, 0.05) is 67.0 Å². The summed E-state index contributed by atoms with van der Waals surface area (Å²) in [4.78, 5) is 43.1. The minimum absolute atomic E-state index is 0.0127. The number of benzene rings is 4. The molecule has 0 bridgehead atoms. The summed E-state index contributed by atoms with van der Waals surface area (Å²) in [6.07, 6.45) is 1.39. The Morgan fingerprint density at radius 3 is 2.06 bits per heavy atom. The lowest BCUT2D eigenvalue weighted by molar-refractivity contribution is 0.0240. The van der Waals surface area contributed by atoms with E-state index < -0.39 is 5.60 Å². The Labute approximate surface area is 288 Å². The number of ether oxygens (including phenoxy) is 1. The first-order valence-electron chi connectivity index (χ1n) is 16.0. The zero-order valence-electron chi connectivity index (χ0n) is 28.6. The number of rotatable bonds is 7. The number of ketones is 1. The van der Waals surface area contributed by atoms with Crippen LogP contribution in [0.2, 0.25) is 0 Å². The van der Waals surface area contributed by atoms with Crippen molar-refractivity contribution in [1.29, 1.82) is 0 Å². The number of nitrogens with two attached hydrogens (primary N) is 1. The van der Waals surface area contributed by atoms with Crippen molar-refractivity contribution in [3.63, 3.8) is 0 Å². The number of nitrogens with one attached hydrogen (secondary N) is 1. The molecule has 0 aliphatic carbocycles. The van der Waals surface area contributed by atoms with Crippen LogP contribution in [0.1, 0.15) is 58.2 Å². The average molecular weight is 669 g/mol. The summed E-state index contributed by atoms with van der Waals surface area (Å²) in [7, 11) is 0. The number of hydrogen-bond donors (Lipinski definition) is 2. The number of alkyl halides is 1. The lowest BCUT2D eigenvalue weighted by Gasteiger charge is -2.37. The monoisotopic (exact) mass is 668 g/mol. The second-order valence-electron chi connectivity index (χ2n) is 12.8. The highest BCUT2D eigenvalue weighted by Crippen LogP contribution is 2.35. The van der Waals surface area contributed by atoms with Gasteiger partial charge in [0.1, 0.15) is 5.60 Å². The second-order valence-corrected chi connectivity index (χ2v) is 12.8. The quantitative estimate of drug-likeness (QED) is 0.117. The van der Waals surface area contributed by atoms with Gasteiger partial charge in [0.25, 0.3) is 5.91 Å². The zero-order valence-corrected chi connectivity index (χ0v) is 29.4. The van der Waals surface area contributed by atoms with Crippen LogP contribution >= 0.6 is 11.6 Å². The number of nitrogen functional groups attached to an aromatic ring is 1. The average Bonchev–Trinajstić information content (AvgIpc) is 3.06. The molecule has 9 heteroatoms.